The normalized spacial score (nSPS) is 14.3. The Hall–Kier alpha value is -4.05. The summed E-state index contributed by atoms with van der Waals surface area (Å²) in [6, 6.07) is 29.7. The number of aromatic amines is 1. The number of nitrogens with zero attached hydrogens (tertiary/aromatic N) is 2. The van der Waals surface area contributed by atoms with E-state index in [1.54, 1.807) is 18.2 Å². The van der Waals surface area contributed by atoms with E-state index < -0.39 is 16.1 Å². The Balaban J connectivity index is 1.17. The molecule has 6 rings (SSSR count). The largest absolute Gasteiger partial charge is 0.492 e. The summed E-state index contributed by atoms with van der Waals surface area (Å²) in [4.78, 5) is 5.60. The molecule has 8 nitrogen and oxygen atoms in total. The van der Waals surface area contributed by atoms with Crippen molar-refractivity contribution in [2.24, 2.45) is 0 Å². The monoisotopic (exact) mass is 571 g/mol. The molecule has 0 bridgehead atoms. The van der Waals surface area contributed by atoms with Gasteiger partial charge >= 0.3 is 0 Å². The number of benzene rings is 4. The van der Waals surface area contributed by atoms with Crippen LogP contribution < -0.4 is 13.8 Å². The fourth-order valence-corrected chi connectivity index (χ4v) is 6.31. The highest BCUT2D eigenvalue weighted by Crippen LogP contribution is 2.35. The second kappa shape index (κ2) is 11.4. The number of hydrogen-bond donors (Lipinski definition) is 2. The quantitative estimate of drug-likeness (QED) is 0.242. The van der Waals surface area contributed by atoms with Crippen molar-refractivity contribution in [3.63, 3.8) is 0 Å². The Kier molecular flexibility index (Phi) is 7.57. The van der Waals surface area contributed by atoms with Crippen LogP contribution in [-0.2, 0) is 16.6 Å². The van der Waals surface area contributed by atoms with Crippen LogP contribution in [0.15, 0.2) is 91.0 Å². The van der Waals surface area contributed by atoms with Gasteiger partial charge in [-0.25, -0.2) is 8.42 Å². The Morgan fingerprint density at radius 3 is 2.59 bits per heavy atom. The summed E-state index contributed by atoms with van der Waals surface area (Å²) in [5.41, 5.74) is 4.34. The van der Waals surface area contributed by atoms with Gasteiger partial charge in [-0.1, -0.05) is 54.6 Å². The molecule has 9 heteroatoms. The molecule has 0 fully saturated rings. The van der Waals surface area contributed by atoms with Crippen molar-refractivity contribution in [2.45, 2.75) is 12.6 Å². The average molecular weight is 572 g/mol. The zero-order valence-corrected chi connectivity index (χ0v) is 23.7. The third-order valence-corrected chi connectivity index (χ3v) is 8.60. The smallest absolute Gasteiger partial charge is 0.232 e. The number of nitrogens with one attached hydrogen (secondary N) is 1. The summed E-state index contributed by atoms with van der Waals surface area (Å²) >= 11 is 0. The number of H-pyrrole nitrogens is 1. The Bertz CT molecular complexity index is 1770. The number of anilines is 1. The highest BCUT2D eigenvalue weighted by Gasteiger charge is 2.26. The zero-order valence-electron chi connectivity index (χ0n) is 22.9. The lowest BCUT2D eigenvalue weighted by molar-refractivity contribution is 0.0986. The molecule has 2 N–H and O–H groups in total. The lowest BCUT2D eigenvalue weighted by Crippen LogP contribution is -2.37. The molecular formula is C32H33N3O5S. The second-order valence-electron chi connectivity index (χ2n) is 10.4. The maximum Gasteiger partial charge on any atom is 0.232 e. The maximum atomic E-state index is 12.3. The van der Waals surface area contributed by atoms with Crippen LogP contribution in [0, 0.1) is 0 Å². The minimum atomic E-state index is -3.46. The molecule has 5 aromatic rings. The summed E-state index contributed by atoms with van der Waals surface area (Å²) in [7, 11) is -3.46. The Morgan fingerprint density at radius 1 is 0.976 bits per heavy atom. The number of aliphatic hydroxyl groups excluding tert-OH is 1. The van der Waals surface area contributed by atoms with Crippen molar-refractivity contribution < 1.29 is 23.0 Å². The van der Waals surface area contributed by atoms with Gasteiger partial charge < -0.3 is 19.6 Å². The molecule has 0 saturated carbocycles. The predicted molar refractivity (Wildman–Crippen MR) is 162 cm³/mol. The van der Waals surface area contributed by atoms with Gasteiger partial charge in [0.2, 0.25) is 10.0 Å². The van der Waals surface area contributed by atoms with Gasteiger partial charge in [0.25, 0.3) is 0 Å². The van der Waals surface area contributed by atoms with Crippen molar-refractivity contribution in [3.8, 4) is 11.5 Å². The third-order valence-electron chi connectivity index (χ3n) is 7.42. The van der Waals surface area contributed by atoms with E-state index in [1.807, 2.05) is 42.5 Å². The molecule has 0 aliphatic carbocycles. The van der Waals surface area contributed by atoms with E-state index in [4.69, 9.17) is 9.47 Å². The van der Waals surface area contributed by atoms with Crippen LogP contribution in [0.25, 0.3) is 21.8 Å². The number of ether oxygens (including phenoxy) is 2. The molecule has 1 aliphatic rings. The van der Waals surface area contributed by atoms with Gasteiger partial charge in [-0.3, -0.25) is 9.21 Å². The molecule has 1 aromatic heterocycles. The summed E-state index contributed by atoms with van der Waals surface area (Å²) < 4.78 is 37.9. The molecule has 1 atom stereocenters. The number of fused-ring (bicyclic) bond motifs is 4. The van der Waals surface area contributed by atoms with E-state index in [1.165, 1.54) is 15.9 Å². The van der Waals surface area contributed by atoms with E-state index in [2.05, 4.69) is 40.2 Å². The first-order chi connectivity index (χ1) is 19.8. The van der Waals surface area contributed by atoms with E-state index in [0.29, 0.717) is 49.8 Å². The minimum absolute atomic E-state index is 0.243. The number of para-hydroxylation sites is 1. The Labute approximate surface area is 239 Å². The first kappa shape index (κ1) is 27.1. The fraction of sp³-hybridized carbons (Fsp3) is 0.250. The molecular weight excluding hydrogens is 538 g/mol. The van der Waals surface area contributed by atoms with Gasteiger partial charge in [0.15, 0.2) is 0 Å². The van der Waals surface area contributed by atoms with Gasteiger partial charge in [0, 0.05) is 42.0 Å². The van der Waals surface area contributed by atoms with Crippen LogP contribution in [0.1, 0.15) is 17.2 Å². The van der Waals surface area contributed by atoms with Crippen molar-refractivity contribution in [3.05, 3.63) is 102 Å². The molecule has 0 amide bonds. The second-order valence-corrected chi connectivity index (χ2v) is 12.3. The summed E-state index contributed by atoms with van der Waals surface area (Å²) in [6.07, 6.45) is 0.345. The zero-order chi connectivity index (χ0) is 28.4. The van der Waals surface area contributed by atoms with E-state index >= 15 is 0 Å². The predicted octanol–water partition coefficient (Wildman–Crippen LogP) is 5.09. The summed E-state index contributed by atoms with van der Waals surface area (Å²) in [5, 5.41) is 13.6. The van der Waals surface area contributed by atoms with Crippen LogP contribution >= 0.6 is 0 Å². The first-order valence-corrected chi connectivity index (χ1v) is 15.5. The van der Waals surface area contributed by atoms with Crippen LogP contribution in [-0.4, -0.2) is 62.5 Å². The molecule has 0 saturated heterocycles. The molecule has 212 valence electrons. The van der Waals surface area contributed by atoms with Gasteiger partial charge in [0.05, 0.1) is 30.1 Å². The van der Waals surface area contributed by atoms with E-state index in [9.17, 15) is 13.5 Å². The minimum Gasteiger partial charge on any atom is -0.492 e. The fourth-order valence-electron chi connectivity index (χ4n) is 5.40. The lowest BCUT2D eigenvalue weighted by Gasteiger charge is -2.30. The average Bonchev–Trinajstić information content (AvgIpc) is 3.34. The van der Waals surface area contributed by atoms with E-state index in [-0.39, 0.29) is 6.54 Å². The van der Waals surface area contributed by atoms with Gasteiger partial charge in [-0.2, -0.15) is 0 Å². The Morgan fingerprint density at radius 2 is 1.76 bits per heavy atom. The number of aliphatic hydroxyl groups is 1. The molecule has 41 heavy (non-hydrogen) atoms. The molecule has 0 unspecified atom stereocenters. The van der Waals surface area contributed by atoms with Crippen molar-refractivity contribution >= 4 is 37.5 Å². The van der Waals surface area contributed by atoms with Crippen LogP contribution in [0.2, 0.25) is 0 Å². The first-order valence-electron chi connectivity index (χ1n) is 13.7. The number of hydrogen-bond acceptors (Lipinski definition) is 6. The topological polar surface area (TPSA) is 95.1 Å². The number of sulfonamides is 1. The molecule has 1 aliphatic heterocycles. The SMILES string of the molecule is CS(=O)(=O)N1CCOc2ccc([C@@H](O)CN(CCOc3ccc4c(c3)[nH]c3ccccc34)Cc3ccccc3)cc21. The maximum absolute atomic E-state index is 12.3. The van der Waals surface area contributed by atoms with Crippen LogP contribution in [0.5, 0.6) is 11.5 Å². The number of aromatic nitrogens is 1. The lowest BCUT2D eigenvalue weighted by atomic mass is 10.1. The standard InChI is InChI=1S/C32H33N3O5S/c1-41(37,38)35-16-18-40-32-14-11-24(19-30(32)35)31(36)22-34(21-23-7-3-2-4-8-23)15-17-39-25-12-13-27-26-9-5-6-10-28(26)33-29(27)20-25/h2-14,19-20,31,33,36H,15-18,21-22H2,1H3/t31-/m0/s1. The van der Waals surface area contributed by atoms with Gasteiger partial charge in [0.1, 0.15) is 24.7 Å². The van der Waals surface area contributed by atoms with Gasteiger partial charge in [-0.05, 0) is 41.5 Å². The van der Waals surface area contributed by atoms with E-state index in [0.717, 1.165) is 27.7 Å². The molecule has 0 radical (unpaired) electrons. The summed E-state index contributed by atoms with van der Waals surface area (Å²) in [6.45, 7) is 2.53. The van der Waals surface area contributed by atoms with Crippen LogP contribution in [0.3, 0.4) is 0 Å². The number of rotatable bonds is 10. The van der Waals surface area contributed by atoms with Crippen molar-refractivity contribution in [2.75, 3.05) is 43.4 Å². The van der Waals surface area contributed by atoms with Crippen molar-refractivity contribution in [1.29, 1.82) is 0 Å². The van der Waals surface area contributed by atoms with Crippen LogP contribution in [0.4, 0.5) is 5.69 Å². The van der Waals surface area contributed by atoms with Crippen molar-refractivity contribution in [1.82, 2.24) is 9.88 Å². The summed E-state index contributed by atoms with van der Waals surface area (Å²) in [5.74, 6) is 1.28. The molecule has 4 aromatic carbocycles. The highest BCUT2D eigenvalue weighted by molar-refractivity contribution is 7.92. The van der Waals surface area contributed by atoms with Gasteiger partial charge in [-0.15, -0.1) is 0 Å². The molecule has 2 heterocycles. The molecule has 0 spiro atoms. The third kappa shape index (κ3) is 6.02. The highest BCUT2D eigenvalue weighted by atomic mass is 32.2.